The molecule has 1 unspecified atom stereocenters. The Morgan fingerprint density at radius 1 is 1.09 bits per heavy atom. The van der Waals surface area contributed by atoms with Gasteiger partial charge in [0.05, 0.1) is 18.6 Å². The number of amides is 1. The van der Waals surface area contributed by atoms with Crippen molar-refractivity contribution in [2.24, 2.45) is 5.92 Å². The first-order valence-electron chi connectivity index (χ1n) is 11.7. The fourth-order valence-corrected chi connectivity index (χ4v) is 5.29. The number of aromatic nitrogens is 1. The number of fused-ring (bicyclic) bond motifs is 1. The second-order valence-corrected chi connectivity index (χ2v) is 9.12. The van der Waals surface area contributed by atoms with E-state index in [2.05, 4.69) is 23.2 Å². The normalized spacial score (nSPS) is 21.0. The van der Waals surface area contributed by atoms with Crippen LogP contribution < -0.4 is 0 Å². The van der Waals surface area contributed by atoms with Gasteiger partial charge in [0.1, 0.15) is 5.82 Å². The minimum absolute atomic E-state index is 0.0616. The maximum Gasteiger partial charge on any atom is 0.233 e. The molecule has 172 valence electrons. The molecule has 0 saturated carbocycles. The van der Waals surface area contributed by atoms with E-state index in [1.165, 1.54) is 17.7 Å². The van der Waals surface area contributed by atoms with E-state index in [1.54, 1.807) is 12.3 Å². The monoisotopic (exact) mass is 448 g/mol. The van der Waals surface area contributed by atoms with Crippen molar-refractivity contribution >= 4 is 16.7 Å². The summed E-state index contributed by atoms with van der Waals surface area (Å²) in [6.45, 7) is 3.28. The van der Waals surface area contributed by atoms with E-state index in [4.69, 9.17) is 9.47 Å². The van der Waals surface area contributed by atoms with E-state index < -0.39 is 5.41 Å². The van der Waals surface area contributed by atoms with Crippen LogP contribution in [0.4, 0.5) is 4.39 Å². The summed E-state index contributed by atoms with van der Waals surface area (Å²) in [7, 11) is 0. The summed E-state index contributed by atoms with van der Waals surface area (Å²) in [4.78, 5) is 20.3. The minimum Gasteiger partial charge on any atom is -0.381 e. The molecule has 2 aromatic carbocycles. The van der Waals surface area contributed by atoms with Crippen LogP contribution in [0.3, 0.4) is 0 Å². The quantitative estimate of drug-likeness (QED) is 0.602. The van der Waals surface area contributed by atoms with E-state index >= 15 is 0 Å². The molecule has 0 bridgehead atoms. The fraction of sp³-hybridized carbons (Fsp3) is 0.407. The predicted octanol–water partition coefficient (Wildman–Crippen LogP) is 4.14. The van der Waals surface area contributed by atoms with Gasteiger partial charge >= 0.3 is 0 Å². The number of halogens is 1. The summed E-state index contributed by atoms with van der Waals surface area (Å²) in [6.07, 6.45) is 5.65. The van der Waals surface area contributed by atoms with Gasteiger partial charge < -0.3 is 14.4 Å². The van der Waals surface area contributed by atoms with E-state index in [1.807, 2.05) is 23.2 Å². The lowest BCUT2D eigenvalue weighted by Crippen LogP contribution is -2.51. The number of rotatable bonds is 4. The maximum atomic E-state index is 14.1. The molecule has 1 aromatic heterocycles. The molecular weight excluding hydrogens is 419 g/mol. The van der Waals surface area contributed by atoms with Crippen molar-refractivity contribution in [1.29, 1.82) is 0 Å². The van der Waals surface area contributed by atoms with Crippen LogP contribution in [0.2, 0.25) is 0 Å². The number of hydrogen-bond donors (Lipinski definition) is 0. The standard InChI is InChI=1S/C27H29FN2O3/c28-24-6-2-5-23(16-24)27(8-12-32-13-9-27)26(31)30-11-14-33-19-20(18-30)15-22-4-1-3-21-7-10-29-17-25(21)22/h1-7,10,16-17,20H,8-9,11-15,18-19H2. The van der Waals surface area contributed by atoms with Gasteiger partial charge in [-0.1, -0.05) is 30.3 Å². The van der Waals surface area contributed by atoms with Crippen molar-refractivity contribution < 1.29 is 18.7 Å². The Hall–Kier alpha value is -2.83. The number of carbonyl (C=O) groups is 1. The highest BCUT2D eigenvalue weighted by atomic mass is 19.1. The lowest BCUT2D eigenvalue weighted by Gasteiger charge is -2.40. The van der Waals surface area contributed by atoms with Crippen molar-refractivity contribution in [3.05, 3.63) is 77.9 Å². The van der Waals surface area contributed by atoms with Crippen LogP contribution in [0.1, 0.15) is 24.0 Å². The summed E-state index contributed by atoms with van der Waals surface area (Å²) < 4.78 is 25.6. The largest absolute Gasteiger partial charge is 0.381 e. The van der Waals surface area contributed by atoms with Crippen molar-refractivity contribution in [1.82, 2.24) is 9.88 Å². The average molecular weight is 449 g/mol. The molecule has 2 aliphatic rings. The molecular formula is C27H29FN2O3. The summed E-state index contributed by atoms with van der Waals surface area (Å²) in [5.41, 5.74) is 1.21. The van der Waals surface area contributed by atoms with Gasteiger partial charge in [0.25, 0.3) is 0 Å². The SMILES string of the molecule is O=C(N1CCOCC(Cc2cccc3ccncc23)C1)C1(c2cccc(F)c2)CCOCC1. The molecule has 1 amide bonds. The molecule has 2 aliphatic heterocycles. The Morgan fingerprint density at radius 2 is 1.94 bits per heavy atom. The fourth-order valence-electron chi connectivity index (χ4n) is 5.29. The minimum atomic E-state index is -0.751. The van der Waals surface area contributed by atoms with Crippen LogP contribution in [0.15, 0.2) is 60.9 Å². The topological polar surface area (TPSA) is 51.7 Å². The van der Waals surface area contributed by atoms with E-state index in [-0.39, 0.29) is 17.6 Å². The lowest BCUT2D eigenvalue weighted by atomic mass is 9.72. The van der Waals surface area contributed by atoms with Crippen molar-refractivity contribution in [2.45, 2.75) is 24.7 Å². The molecule has 0 radical (unpaired) electrons. The average Bonchev–Trinajstić information content (AvgIpc) is 3.10. The van der Waals surface area contributed by atoms with Gasteiger partial charge in [0.2, 0.25) is 5.91 Å². The summed E-state index contributed by atoms with van der Waals surface area (Å²) in [5, 5.41) is 2.31. The number of hydrogen-bond acceptors (Lipinski definition) is 4. The Kier molecular flexibility index (Phi) is 6.38. The molecule has 5 nitrogen and oxygen atoms in total. The number of nitrogens with zero attached hydrogens (tertiary/aromatic N) is 2. The van der Waals surface area contributed by atoms with Crippen LogP contribution in [0, 0.1) is 11.7 Å². The second-order valence-electron chi connectivity index (χ2n) is 9.12. The zero-order valence-corrected chi connectivity index (χ0v) is 18.7. The molecule has 3 heterocycles. The van der Waals surface area contributed by atoms with Gasteiger partial charge in [-0.3, -0.25) is 9.78 Å². The first-order valence-corrected chi connectivity index (χ1v) is 11.7. The Morgan fingerprint density at radius 3 is 2.79 bits per heavy atom. The molecule has 6 heteroatoms. The maximum absolute atomic E-state index is 14.1. The third-order valence-corrected chi connectivity index (χ3v) is 7.04. The number of carbonyl (C=O) groups excluding carboxylic acids is 1. The molecule has 0 spiro atoms. The molecule has 5 rings (SSSR count). The summed E-state index contributed by atoms with van der Waals surface area (Å²) in [5.74, 6) is -0.0778. The Balaban J connectivity index is 1.41. The Bertz CT molecular complexity index is 1120. The van der Waals surface area contributed by atoms with Crippen molar-refractivity contribution in [3.8, 4) is 0 Å². The predicted molar refractivity (Wildman–Crippen MR) is 124 cm³/mol. The van der Waals surface area contributed by atoms with Crippen LogP contribution in [-0.2, 0) is 26.1 Å². The van der Waals surface area contributed by atoms with Gasteiger partial charge in [-0.2, -0.15) is 0 Å². The van der Waals surface area contributed by atoms with E-state index in [0.29, 0.717) is 52.4 Å². The zero-order chi connectivity index (χ0) is 22.7. The molecule has 0 aliphatic carbocycles. The highest BCUT2D eigenvalue weighted by Gasteiger charge is 2.44. The van der Waals surface area contributed by atoms with E-state index in [9.17, 15) is 9.18 Å². The van der Waals surface area contributed by atoms with Crippen LogP contribution in [0.5, 0.6) is 0 Å². The molecule has 3 aromatic rings. The highest BCUT2D eigenvalue weighted by Crippen LogP contribution is 2.37. The van der Waals surface area contributed by atoms with Crippen LogP contribution in [0.25, 0.3) is 10.8 Å². The third-order valence-electron chi connectivity index (χ3n) is 7.04. The van der Waals surface area contributed by atoms with E-state index in [0.717, 1.165) is 22.8 Å². The number of benzene rings is 2. The number of ether oxygens (including phenoxy) is 2. The number of pyridine rings is 1. The van der Waals surface area contributed by atoms with Crippen LogP contribution >= 0.6 is 0 Å². The van der Waals surface area contributed by atoms with Gasteiger partial charge in [0.15, 0.2) is 0 Å². The zero-order valence-electron chi connectivity index (χ0n) is 18.7. The van der Waals surface area contributed by atoms with Gasteiger partial charge in [-0.15, -0.1) is 0 Å². The van der Waals surface area contributed by atoms with Gasteiger partial charge in [-0.05, 0) is 54.0 Å². The smallest absolute Gasteiger partial charge is 0.233 e. The van der Waals surface area contributed by atoms with Crippen molar-refractivity contribution in [3.63, 3.8) is 0 Å². The molecule has 1 atom stereocenters. The summed E-state index contributed by atoms with van der Waals surface area (Å²) in [6, 6.07) is 14.8. The highest BCUT2D eigenvalue weighted by molar-refractivity contribution is 5.88. The Labute approximate surface area is 193 Å². The first kappa shape index (κ1) is 22.0. The molecule has 2 saturated heterocycles. The third kappa shape index (κ3) is 4.50. The first-order chi connectivity index (χ1) is 16.2. The second kappa shape index (κ2) is 9.57. The molecule has 2 fully saturated rings. The van der Waals surface area contributed by atoms with Gasteiger partial charge in [-0.25, -0.2) is 4.39 Å². The van der Waals surface area contributed by atoms with Crippen LogP contribution in [-0.4, -0.2) is 55.3 Å². The lowest BCUT2D eigenvalue weighted by molar-refractivity contribution is -0.141. The molecule has 33 heavy (non-hydrogen) atoms. The van der Waals surface area contributed by atoms with Gasteiger partial charge in [0, 0.05) is 50.0 Å². The molecule has 0 N–H and O–H groups in total. The van der Waals surface area contributed by atoms with Crippen molar-refractivity contribution in [2.75, 3.05) is 39.5 Å². The summed E-state index contributed by atoms with van der Waals surface area (Å²) >= 11 is 0.